The molecule has 1 aliphatic carbocycles. The van der Waals surface area contributed by atoms with Gasteiger partial charge in [0, 0.05) is 41.1 Å². The molecule has 0 unspecified atom stereocenters. The van der Waals surface area contributed by atoms with Crippen molar-refractivity contribution in [1.29, 1.82) is 0 Å². The van der Waals surface area contributed by atoms with E-state index in [2.05, 4.69) is 35.9 Å². The lowest BCUT2D eigenvalue weighted by Gasteiger charge is -2.23. The first kappa shape index (κ1) is 23.5. The molecule has 34 heavy (non-hydrogen) atoms. The van der Waals surface area contributed by atoms with E-state index in [1.807, 2.05) is 44.3 Å². The lowest BCUT2D eigenvalue weighted by atomic mass is 9.96. The summed E-state index contributed by atoms with van der Waals surface area (Å²) >= 11 is 0. The Hall–Kier alpha value is -3.62. The van der Waals surface area contributed by atoms with Crippen LogP contribution in [0.4, 0.5) is 10.7 Å². The summed E-state index contributed by atoms with van der Waals surface area (Å²) in [5.74, 6) is 1.55. The second kappa shape index (κ2) is 11.0. The van der Waals surface area contributed by atoms with Crippen molar-refractivity contribution >= 4 is 28.8 Å². The SMILES string of the molecule is COc1ccc2[nH]cc(CCN=C(NC(=O)NC3CCCCC3)Nc3nc(C)cc(C)n3)c2c1. The number of hydrogen-bond acceptors (Lipinski definition) is 5. The highest BCUT2D eigenvalue weighted by Gasteiger charge is 2.17. The molecule has 1 fully saturated rings. The van der Waals surface area contributed by atoms with Crippen LogP contribution in [0.5, 0.6) is 5.75 Å². The fourth-order valence-corrected chi connectivity index (χ4v) is 4.35. The van der Waals surface area contributed by atoms with E-state index in [1.54, 1.807) is 7.11 Å². The standard InChI is InChI=1S/C25H33N7O2/c1-16-13-17(2)29-24(28-16)31-23(32-25(33)30-19-7-5-4-6-8-19)26-12-11-18-15-27-22-10-9-20(34-3)14-21(18)22/h9-10,13-15,19,27H,4-8,11-12H2,1-3H3,(H3,26,28,29,30,31,32,33). The molecule has 1 saturated carbocycles. The Labute approximate surface area is 199 Å². The second-order valence-electron chi connectivity index (χ2n) is 8.74. The number of carbonyl (C=O) groups excluding carboxylic acids is 1. The van der Waals surface area contributed by atoms with Gasteiger partial charge in [-0.05, 0) is 62.9 Å². The molecule has 3 aromatic rings. The van der Waals surface area contributed by atoms with Gasteiger partial charge < -0.3 is 15.0 Å². The van der Waals surface area contributed by atoms with Crippen molar-refractivity contribution < 1.29 is 9.53 Å². The second-order valence-corrected chi connectivity index (χ2v) is 8.74. The van der Waals surface area contributed by atoms with Gasteiger partial charge in [-0.15, -0.1) is 0 Å². The molecule has 0 spiro atoms. The number of anilines is 1. The summed E-state index contributed by atoms with van der Waals surface area (Å²) in [6.07, 6.45) is 8.24. The molecular weight excluding hydrogens is 430 g/mol. The number of guanidine groups is 1. The largest absolute Gasteiger partial charge is 0.497 e. The number of carbonyl (C=O) groups is 1. The number of aromatic nitrogens is 3. The monoisotopic (exact) mass is 463 g/mol. The van der Waals surface area contributed by atoms with E-state index in [1.165, 1.54) is 6.42 Å². The van der Waals surface area contributed by atoms with Crippen molar-refractivity contribution in [2.45, 2.75) is 58.4 Å². The van der Waals surface area contributed by atoms with Gasteiger partial charge in [0.05, 0.1) is 7.11 Å². The molecule has 180 valence electrons. The van der Waals surface area contributed by atoms with Crippen LogP contribution in [-0.4, -0.2) is 46.6 Å². The number of aliphatic imine (C=N–C) groups is 1. The van der Waals surface area contributed by atoms with Crippen LogP contribution in [-0.2, 0) is 6.42 Å². The van der Waals surface area contributed by atoms with E-state index in [4.69, 9.17) is 4.74 Å². The summed E-state index contributed by atoms with van der Waals surface area (Å²) in [5, 5.41) is 10.1. The Bertz CT molecular complexity index is 1150. The highest BCUT2D eigenvalue weighted by molar-refractivity contribution is 6.03. The Kier molecular flexibility index (Phi) is 7.61. The van der Waals surface area contributed by atoms with Crippen molar-refractivity contribution in [1.82, 2.24) is 25.6 Å². The third kappa shape index (κ3) is 6.24. The number of benzene rings is 1. The molecule has 1 aliphatic rings. The summed E-state index contributed by atoms with van der Waals surface area (Å²) in [6, 6.07) is 7.79. The number of methoxy groups -OCH3 is 1. The average Bonchev–Trinajstić information content (AvgIpc) is 3.21. The van der Waals surface area contributed by atoms with Crippen molar-refractivity contribution in [3.8, 4) is 5.75 Å². The molecule has 0 atom stereocenters. The number of amides is 2. The normalized spacial score (nSPS) is 14.7. The van der Waals surface area contributed by atoms with Crippen LogP contribution >= 0.6 is 0 Å². The third-order valence-corrected chi connectivity index (χ3v) is 6.01. The number of H-pyrrole nitrogens is 1. The van der Waals surface area contributed by atoms with E-state index in [0.717, 1.165) is 59.3 Å². The van der Waals surface area contributed by atoms with Crippen LogP contribution in [0.25, 0.3) is 10.9 Å². The van der Waals surface area contributed by atoms with E-state index in [0.29, 0.717) is 24.9 Å². The van der Waals surface area contributed by atoms with E-state index < -0.39 is 0 Å². The highest BCUT2D eigenvalue weighted by Crippen LogP contribution is 2.24. The first-order valence-corrected chi connectivity index (χ1v) is 11.9. The van der Waals surface area contributed by atoms with Crippen LogP contribution in [0, 0.1) is 13.8 Å². The van der Waals surface area contributed by atoms with Gasteiger partial charge >= 0.3 is 6.03 Å². The quantitative estimate of drug-likeness (QED) is 0.323. The summed E-state index contributed by atoms with van der Waals surface area (Å²) in [7, 11) is 1.66. The summed E-state index contributed by atoms with van der Waals surface area (Å²) in [4.78, 5) is 29.5. The average molecular weight is 464 g/mol. The number of hydrogen-bond donors (Lipinski definition) is 4. The van der Waals surface area contributed by atoms with Gasteiger partial charge in [-0.2, -0.15) is 0 Å². The minimum atomic E-state index is -0.264. The number of urea groups is 1. The Morgan fingerprint density at radius 1 is 1.15 bits per heavy atom. The molecular formula is C25H33N7O2. The fourth-order valence-electron chi connectivity index (χ4n) is 4.35. The maximum absolute atomic E-state index is 12.7. The molecule has 0 bridgehead atoms. The van der Waals surface area contributed by atoms with Crippen molar-refractivity contribution in [3.63, 3.8) is 0 Å². The van der Waals surface area contributed by atoms with Crippen molar-refractivity contribution in [2.75, 3.05) is 19.0 Å². The number of ether oxygens (including phenoxy) is 1. The first-order chi connectivity index (χ1) is 16.5. The van der Waals surface area contributed by atoms with E-state index in [-0.39, 0.29) is 12.1 Å². The van der Waals surface area contributed by atoms with Gasteiger partial charge in [0.2, 0.25) is 11.9 Å². The van der Waals surface area contributed by atoms with Crippen molar-refractivity contribution in [2.24, 2.45) is 4.99 Å². The first-order valence-electron chi connectivity index (χ1n) is 11.9. The smallest absolute Gasteiger partial charge is 0.321 e. The summed E-state index contributed by atoms with van der Waals surface area (Å²) < 4.78 is 5.36. The molecule has 1 aromatic carbocycles. The number of nitrogens with zero attached hydrogens (tertiary/aromatic N) is 3. The minimum Gasteiger partial charge on any atom is -0.497 e. The molecule has 2 amide bonds. The fraction of sp³-hybridized carbons (Fsp3) is 0.440. The Morgan fingerprint density at radius 2 is 1.91 bits per heavy atom. The maximum Gasteiger partial charge on any atom is 0.321 e. The molecule has 0 saturated heterocycles. The molecule has 2 heterocycles. The molecule has 4 rings (SSSR count). The maximum atomic E-state index is 12.7. The Balaban J connectivity index is 1.47. The molecule has 9 nitrogen and oxygen atoms in total. The summed E-state index contributed by atoms with van der Waals surface area (Å²) in [6.45, 7) is 4.29. The topological polar surface area (TPSA) is 116 Å². The van der Waals surface area contributed by atoms with Crippen molar-refractivity contribution in [3.05, 3.63) is 47.4 Å². The number of rotatable bonds is 6. The van der Waals surface area contributed by atoms with Gasteiger partial charge in [-0.25, -0.2) is 14.8 Å². The number of aryl methyl sites for hydroxylation is 2. The van der Waals surface area contributed by atoms with Crippen LogP contribution in [0.1, 0.15) is 49.1 Å². The predicted molar refractivity (Wildman–Crippen MR) is 135 cm³/mol. The van der Waals surface area contributed by atoms with Crippen LogP contribution in [0.2, 0.25) is 0 Å². The van der Waals surface area contributed by atoms with E-state index >= 15 is 0 Å². The zero-order chi connectivity index (χ0) is 23.9. The zero-order valence-electron chi connectivity index (χ0n) is 20.1. The third-order valence-electron chi connectivity index (χ3n) is 6.01. The van der Waals surface area contributed by atoms with Gasteiger partial charge in [0.1, 0.15) is 5.75 Å². The lowest BCUT2D eigenvalue weighted by molar-refractivity contribution is 0.237. The van der Waals surface area contributed by atoms with Crippen LogP contribution in [0.3, 0.4) is 0 Å². The molecule has 9 heteroatoms. The predicted octanol–water partition coefficient (Wildman–Crippen LogP) is 4.23. The molecule has 2 aromatic heterocycles. The van der Waals surface area contributed by atoms with Gasteiger partial charge in [0.25, 0.3) is 0 Å². The van der Waals surface area contributed by atoms with Gasteiger partial charge in [-0.1, -0.05) is 19.3 Å². The zero-order valence-corrected chi connectivity index (χ0v) is 20.1. The number of aromatic amines is 1. The highest BCUT2D eigenvalue weighted by atomic mass is 16.5. The summed E-state index contributed by atoms with van der Waals surface area (Å²) in [5.41, 5.74) is 3.86. The minimum absolute atomic E-state index is 0.202. The van der Waals surface area contributed by atoms with Crippen LogP contribution in [0.15, 0.2) is 35.5 Å². The van der Waals surface area contributed by atoms with E-state index in [9.17, 15) is 4.79 Å². The Morgan fingerprint density at radius 3 is 2.65 bits per heavy atom. The lowest BCUT2D eigenvalue weighted by Crippen LogP contribution is -2.47. The number of fused-ring (bicyclic) bond motifs is 1. The van der Waals surface area contributed by atoms with Gasteiger partial charge in [0.15, 0.2) is 0 Å². The molecule has 4 N–H and O–H groups in total. The number of nitrogens with one attached hydrogen (secondary N) is 4. The van der Waals surface area contributed by atoms with Crippen LogP contribution < -0.4 is 20.7 Å². The van der Waals surface area contributed by atoms with Gasteiger partial charge in [-0.3, -0.25) is 15.6 Å². The molecule has 0 radical (unpaired) electrons. The molecule has 0 aliphatic heterocycles.